The predicted molar refractivity (Wildman–Crippen MR) is 185 cm³/mol. The van der Waals surface area contributed by atoms with Gasteiger partial charge in [-0.25, -0.2) is 0 Å². The van der Waals surface area contributed by atoms with E-state index in [-0.39, 0.29) is 26.1 Å². The molecule has 4 aromatic rings. The van der Waals surface area contributed by atoms with Crippen molar-refractivity contribution in [3.8, 4) is 0 Å². The van der Waals surface area contributed by atoms with Crippen LogP contribution >= 0.6 is 0 Å². The standard InChI is InChI=1S/C39H41N3O6/c43-25-34(22-28-13-5-2-6-14-28)40-36(44)24-31-17-9-10-18-32(21-27-11-3-1-4-12-27)39(47)48-26-35(42-37(31)45)38(46)41-33-20-19-29-15-7-8-16-30(29)23-33/h1-16,19-20,23,31-32,34-35,43H,17-18,21-22,24-26H2,(H,40,44)(H,41,46)(H,42,45)/t31-,32-,34+,35+/m1/s1. The van der Waals surface area contributed by atoms with Gasteiger partial charge in [0.2, 0.25) is 11.8 Å². The van der Waals surface area contributed by atoms with Crippen LogP contribution in [-0.4, -0.2) is 54.1 Å². The molecule has 5 rings (SSSR count). The van der Waals surface area contributed by atoms with Gasteiger partial charge >= 0.3 is 5.97 Å². The van der Waals surface area contributed by atoms with Crippen molar-refractivity contribution in [2.45, 2.75) is 44.2 Å². The molecule has 0 saturated carbocycles. The fourth-order valence-electron chi connectivity index (χ4n) is 5.79. The molecule has 0 unspecified atom stereocenters. The van der Waals surface area contributed by atoms with Gasteiger partial charge in [0, 0.05) is 12.1 Å². The van der Waals surface area contributed by atoms with Crippen LogP contribution in [0.3, 0.4) is 0 Å². The van der Waals surface area contributed by atoms with Gasteiger partial charge in [-0.05, 0) is 59.7 Å². The molecule has 9 heteroatoms. The molecular weight excluding hydrogens is 606 g/mol. The number of esters is 1. The molecule has 0 saturated heterocycles. The van der Waals surface area contributed by atoms with Gasteiger partial charge in [-0.15, -0.1) is 0 Å². The molecule has 0 bridgehead atoms. The Hall–Kier alpha value is -5.28. The number of cyclic esters (lactones) is 1. The highest BCUT2D eigenvalue weighted by atomic mass is 16.5. The zero-order chi connectivity index (χ0) is 33.7. The summed E-state index contributed by atoms with van der Waals surface area (Å²) in [5, 5.41) is 20.3. The average molecular weight is 648 g/mol. The van der Waals surface area contributed by atoms with Crippen LogP contribution in [0.4, 0.5) is 5.69 Å². The van der Waals surface area contributed by atoms with E-state index in [0.29, 0.717) is 24.9 Å². The number of aliphatic hydroxyl groups excluding tert-OH is 1. The van der Waals surface area contributed by atoms with Crippen molar-refractivity contribution in [2.24, 2.45) is 11.8 Å². The number of anilines is 1. The Morgan fingerprint density at radius 3 is 2.17 bits per heavy atom. The van der Waals surface area contributed by atoms with E-state index in [1.807, 2.05) is 103 Å². The van der Waals surface area contributed by atoms with E-state index in [1.165, 1.54) is 0 Å². The van der Waals surface area contributed by atoms with E-state index in [1.54, 1.807) is 12.1 Å². The number of rotatable bonds is 10. The van der Waals surface area contributed by atoms with Gasteiger partial charge in [-0.3, -0.25) is 19.2 Å². The van der Waals surface area contributed by atoms with Gasteiger partial charge in [0.15, 0.2) is 0 Å². The van der Waals surface area contributed by atoms with Crippen LogP contribution in [0.5, 0.6) is 0 Å². The molecule has 0 radical (unpaired) electrons. The molecule has 4 N–H and O–H groups in total. The molecule has 0 spiro atoms. The summed E-state index contributed by atoms with van der Waals surface area (Å²) >= 11 is 0. The van der Waals surface area contributed by atoms with E-state index < -0.39 is 47.6 Å². The Bertz CT molecular complexity index is 1730. The van der Waals surface area contributed by atoms with Crippen LogP contribution in [0.15, 0.2) is 115 Å². The third-order valence-corrected chi connectivity index (χ3v) is 8.42. The number of ether oxygens (including phenoxy) is 1. The topological polar surface area (TPSA) is 134 Å². The Labute approximate surface area is 280 Å². The summed E-state index contributed by atoms with van der Waals surface area (Å²) in [4.78, 5) is 53.7. The summed E-state index contributed by atoms with van der Waals surface area (Å²) in [5.41, 5.74) is 2.46. The fraction of sp³-hybridized carbons (Fsp3) is 0.282. The lowest BCUT2D eigenvalue weighted by Gasteiger charge is -2.24. The predicted octanol–water partition coefficient (Wildman–Crippen LogP) is 4.74. The van der Waals surface area contributed by atoms with Crippen molar-refractivity contribution in [3.63, 3.8) is 0 Å². The minimum Gasteiger partial charge on any atom is -0.463 e. The lowest BCUT2D eigenvalue weighted by Crippen LogP contribution is -2.50. The Kier molecular flexibility index (Phi) is 12.1. The number of fused-ring (bicyclic) bond motifs is 1. The van der Waals surface area contributed by atoms with Crippen LogP contribution in [0.1, 0.15) is 30.4 Å². The molecule has 1 heterocycles. The molecule has 0 fully saturated rings. The fourth-order valence-corrected chi connectivity index (χ4v) is 5.79. The second-order valence-corrected chi connectivity index (χ2v) is 12.1. The Balaban J connectivity index is 1.33. The highest BCUT2D eigenvalue weighted by Crippen LogP contribution is 2.21. The molecule has 248 valence electrons. The highest BCUT2D eigenvalue weighted by molar-refractivity contribution is 5.99. The van der Waals surface area contributed by atoms with Crippen molar-refractivity contribution < 1.29 is 29.0 Å². The number of nitrogens with one attached hydrogen (secondary N) is 3. The number of hydrogen-bond acceptors (Lipinski definition) is 6. The summed E-state index contributed by atoms with van der Waals surface area (Å²) in [6.45, 7) is -0.635. The molecule has 1 aliphatic heterocycles. The normalized spacial score (nSPS) is 19.2. The van der Waals surface area contributed by atoms with Gasteiger partial charge in [0.25, 0.3) is 5.91 Å². The Morgan fingerprint density at radius 1 is 0.812 bits per heavy atom. The average Bonchev–Trinajstić information content (AvgIpc) is 3.10. The first-order valence-corrected chi connectivity index (χ1v) is 16.3. The number of allylic oxidation sites excluding steroid dienone is 2. The van der Waals surface area contributed by atoms with Crippen LogP contribution in [0.25, 0.3) is 10.8 Å². The number of aliphatic hydroxyl groups is 1. The molecular formula is C39H41N3O6. The molecule has 3 amide bonds. The first kappa shape index (κ1) is 34.1. The van der Waals surface area contributed by atoms with Crippen molar-refractivity contribution in [2.75, 3.05) is 18.5 Å². The maximum Gasteiger partial charge on any atom is 0.309 e. The minimum atomic E-state index is -1.21. The summed E-state index contributed by atoms with van der Waals surface area (Å²) in [5.74, 6) is -3.24. The number of carbonyl (C=O) groups excluding carboxylic acids is 4. The third-order valence-electron chi connectivity index (χ3n) is 8.42. The first-order valence-electron chi connectivity index (χ1n) is 16.3. The van der Waals surface area contributed by atoms with E-state index >= 15 is 0 Å². The monoisotopic (exact) mass is 647 g/mol. The lowest BCUT2D eigenvalue weighted by molar-refractivity contribution is -0.150. The first-order chi connectivity index (χ1) is 23.4. The summed E-state index contributed by atoms with van der Waals surface area (Å²) < 4.78 is 5.67. The van der Waals surface area contributed by atoms with Crippen LogP contribution in [-0.2, 0) is 36.8 Å². The maximum atomic E-state index is 13.6. The highest BCUT2D eigenvalue weighted by Gasteiger charge is 2.30. The Morgan fingerprint density at radius 2 is 1.46 bits per heavy atom. The van der Waals surface area contributed by atoms with Gasteiger partial charge in [-0.2, -0.15) is 0 Å². The smallest absolute Gasteiger partial charge is 0.309 e. The molecule has 0 aromatic heterocycles. The summed E-state index contributed by atoms with van der Waals surface area (Å²) in [7, 11) is 0. The van der Waals surface area contributed by atoms with Crippen molar-refractivity contribution in [1.29, 1.82) is 0 Å². The van der Waals surface area contributed by atoms with Crippen molar-refractivity contribution in [1.82, 2.24) is 10.6 Å². The molecule has 4 aromatic carbocycles. The zero-order valence-corrected chi connectivity index (χ0v) is 26.7. The second kappa shape index (κ2) is 17.0. The lowest BCUT2D eigenvalue weighted by atomic mass is 9.94. The second-order valence-electron chi connectivity index (χ2n) is 12.1. The maximum absolute atomic E-state index is 13.6. The summed E-state index contributed by atoms with van der Waals surface area (Å²) in [6.07, 6.45) is 4.94. The van der Waals surface area contributed by atoms with Crippen LogP contribution in [0.2, 0.25) is 0 Å². The van der Waals surface area contributed by atoms with Gasteiger partial charge in [0.05, 0.1) is 24.5 Å². The SMILES string of the molecule is O=C(C[C@H]1CC=CC[C@H](Cc2ccccc2)C(=O)OC[C@@H](C(=O)Nc2ccc3ccccc3c2)NC1=O)N[C@H](CO)Cc1ccccc1. The largest absolute Gasteiger partial charge is 0.463 e. The molecule has 48 heavy (non-hydrogen) atoms. The number of carbonyl (C=O) groups is 4. The molecule has 9 nitrogen and oxygen atoms in total. The molecule has 0 aliphatic carbocycles. The summed E-state index contributed by atoms with van der Waals surface area (Å²) in [6, 6.07) is 30.6. The van der Waals surface area contributed by atoms with Crippen molar-refractivity contribution >= 4 is 40.2 Å². The minimum absolute atomic E-state index is 0.159. The number of benzene rings is 4. The van der Waals surface area contributed by atoms with Crippen LogP contribution < -0.4 is 16.0 Å². The van der Waals surface area contributed by atoms with Gasteiger partial charge < -0.3 is 25.8 Å². The van der Waals surface area contributed by atoms with Gasteiger partial charge in [-0.1, -0.05) is 103 Å². The van der Waals surface area contributed by atoms with E-state index in [9.17, 15) is 24.3 Å². The zero-order valence-electron chi connectivity index (χ0n) is 26.7. The third kappa shape index (κ3) is 9.86. The number of hydrogen-bond donors (Lipinski definition) is 4. The molecule has 4 atom stereocenters. The number of amides is 3. The van der Waals surface area contributed by atoms with Gasteiger partial charge in [0.1, 0.15) is 12.6 Å². The molecule has 1 aliphatic rings. The van der Waals surface area contributed by atoms with Crippen LogP contribution in [0, 0.1) is 11.8 Å². The van der Waals surface area contributed by atoms with Crippen molar-refractivity contribution in [3.05, 3.63) is 126 Å². The van der Waals surface area contributed by atoms with E-state index in [2.05, 4.69) is 16.0 Å². The van der Waals surface area contributed by atoms with E-state index in [4.69, 9.17) is 4.74 Å². The quantitative estimate of drug-likeness (QED) is 0.145. The van der Waals surface area contributed by atoms with E-state index in [0.717, 1.165) is 21.9 Å².